The third-order valence-electron chi connectivity index (χ3n) is 9.16. The molecule has 0 bridgehead atoms. The van der Waals surface area contributed by atoms with Gasteiger partial charge >= 0.3 is 0 Å². The lowest BCUT2D eigenvalue weighted by Crippen LogP contribution is -2.54. The van der Waals surface area contributed by atoms with Crippen LogP contribution in [0.2, 0.25) is 0 Å². The molecule has 4 N–H and O–H groups in total. The molecular weight excluding hydrogens is 528 g/mol. The lowest BCUT2D eigenvalue weighted by molar-refractivity contribution is 0.0755. The number of hydrogen-bond acceptors (Lipinski definition) is 9. The van der Waals surface area contributed by atoms with Gasteiger partial charge in [0.25, 0.3) is 5.91 Å². The second kappa shape index (κ2) is 12.9. The zero-order valence-electron chi connectivity index (χ0n) is 24.3. The lowest BCUT2D eigenvalue weighted by Gasteiger charge is -2.46. The highest BCUT2D eigenvalue weighted by Gasteiger charge is 2.36. The number of aromatic nitrogens is 2. The van der Waals surface area contributed by atoms with E-state index in [-0.39, 0.29) is 5.69 Å². The molecule has 10 heteroatoms. The van der Waals surface area contributed by atoms with Gasteiger partial charge in [-0.2, -0.15) is 0 Å². The molecule has 2 aliphatic carbocycles. The lowest BCUT2D eigenvalue weighted by atomic mass is 9.82. The quantitative estimate of drug-likeness (QED) is 0.275. The van der Waals surface area contributed by atoms with Gasteiger partial charge < -0.3 is 31.0 Å². The highest BCUT2D eigenvalue weighted by Crippen LogP contribution is 2.35. The van der Waals surface area contributed by atoms with Crippen LogP contribution in [0.15, 0.2) is 59.2 Å². The van der Waals surface area contributed by atoms with Gasteiger partial charge in [0.05, 0.1) is 6.20 Å². The molecule has 0 radical (unpaired) electrons. The van der Waals surface area contributed by atoms with Gasteiger partial charge in [-0.05, 0) is 100 Å². The SMILES string of the molecule is C=NOC1=CC=C(N[C@H]2C[C@@H](N3CCC(c4ccc(Nc5nc(N6CCCCC6)cnc5C(N)=O)cc4)CC3)C2)CC1. The second-order valence-corrected chi connectivity index (χ2v) is 11.9. The third kappa shape index (κ3) is 6.59. The number of likely N-dealkylation sites (tertiary alicyclic amines) is 1. The number of oxime groups is 1. The fraction of sp³-hybridized carbons (Fsp3) is 0.500. The Bertz CT molecular complexity index is 1320. The van der Waals surface area contributed by atoms with Crippen LogP contribution < -0.4 is 21.3 Å². The number of hydrogen-bond donors (Lipinski definition) is 3. The Morgan fingerprint density at radius 3 is 2.45 bits per heavy atom. The minimum atomic E-state index is -0.582. The summed E-state index contributed by atoms with van der Waals surface area (Å²) in [5.41, 5.74) is 9.31. The van der Waals surface area contributed by atoms with Gasteiger partial charge in [-0.25, -0.2) is 9.97 Å². The van der Waals surface area contributed by atoms with E-state index in [2.05, 4.69) is 67.6 Å². The molecule has 2 saturated heterocycles. The molecule has 2 aromatic rings. The Hall–Kier alpha value is -3.92. The molecule has 0 spiro atoms. The van der Waals surface area contributed by atoms with Crippen LogP contribution in [0.3, 0.4) is 0 Å². The molecule has 1 aromatic heterocycles. The smallest absolute Gasteiger partial charge is 0.271 e. The molecule has 4 aliphatic rings. The summed E-state index contributed by atoms with van der Waals surface area (Å²) in [5, 5.41) is 10.5. The Kier molecular flexibility index (Phi) is 8.69. The standard InChI is InChI=1S/C32H42N8O2/c1-34-42-28-11-9-24(10-12-28)36-26-19-27(20-26)39-17-13-23(14-18-39)22-5-7-25(8-6-22)37-32-30(31(33)41)35-21-29(38-32)40-15-3-2-4-16-40/h5-9,11,21,23,26-27,36H,1-4,10,12-20H2,(H2,33,41)(H,37,38)/t26-,27+. The Balaban J connectivity index is 0.990. The van der Waals surface area contributed by atoms with Gasteiger partial charge in [0, 0.05) is 49.7 Å². The van der Waals surface area contributed by atoms with Crippen molar-refractivity contribution in [1.82, 2.24) is 20.2 Å². The highest BCUT2D eigenvalue weighted by atomic mass is 16.6. The van der Waals surface area contributed by atoms with E-state index < -0.39 is 5.91 Å². The van der Waals surface area contributed by atoms with Crippen LogP contribution in [-0.4, -0.2) is 65.8 Å². The van der Waals surface area contributed by atoms with Crippen molar-refractivity contribution in [1.29, 1.82) is 0 Å². The summed E-state index contributed by atoms with van der Waals surface area (Å²) in [6, 6.07) is 9.79. The summed E-state index contributed by atoms with van der Waals surface area (Å²) in [5.74, 6) is 2.06. The maximum atomic E-state index is 12.0. The first-order valence-corrected chi connectivity index (χ1v) is 15.4. The number of piperidine rings is 2. The molecule has 3 heterocycles. The first-order valence-electron chi connectivity index (χ1n) is 15.4. The topological polar surface area (TPSA) is 121 Å². The summed E-state index contributed by atoms with van der Waals surface area (Å²) < 4.78 is 0. The molecule has 2 aliphatic heterocycles. The number of nitrogens with two attached hydrogens (primary N) is 1. The van der Waals surface area contributed by atoms with E-state index in [9.17, 15) is 4.79 Å². The van der Waals surface area contributed by atoms with E-state index in [1.165, 1.54) is 43.4 Å². The largest absolute Gasteiger partial charge is 0.385 e. The number of nitrogens with one attached hydrogen (secondary N) is 2. The van der Waals surface area contributed by atoms with Gasteiger partial charge in [0.1, 0.15) is 11.6 Å². The molecule has 0 atom stereocenters. The highest BCUT2D eigenvalue weighted by molar-refractivity contribution is 5.96. The molecule has 6 rings (SSSR count). The average molecular weight is 571 g/mol. The molecule has 222 valence electrons. The van der Waals surface area contributed by atoms with Crippen LogP contribution in [0.1, 0.15) is 79.8 Å². The summed E-state index contributed by atoms with van der Waals surface area (Å²) in [7, 11) is 0. The van der Waals surface area contributed by atoms with Crippen LogP contribution in [0.25, 0.3) is 0 Å². The van der Waals surface area contributed by atoms with E-state index >= 15 is 0 Å². The van der Waals surface area contributed by atoms with Crippen molar-refractivity contribution < 1.29 is 9.63 Å². The van der Waals surface area contributed by atoms with Crippen LogP contribution in [0.4, 0.5) is 17.3 Å². The van der Waals surface area contributed by atoms with Gasteiger partial charge in [0.2, 0.25) is 0 Å². The van der Waals surface area contributed by atoms with Crippen molar-refractivity contribution in [2.45, 2.75) is 75.8 Å². The van der Waals surface area contributed by atoms with Crippen molar-refractivity contribution >= 4 is 29.9 Å². The molecule has 3 fully saturated rings. The van der Waals surface area contributed by atoms with Gasteiger partial charge in [-0.3, -0.25) is 4.79 Å². The van der Waals surface area contributed by atoms with Gasteiger partial charge in [-0.1, -0.05) is 17.3 Å². The molecule has 1 saturated carbocycles. The number of carbonyl (C=O) groups is 1. The summed E-state index contributed by atoms with van der Waals surface area (Å²) in [6.07, 6.45) is 15.9. The van der Waals surface area contributed by atoms with Crippen molar-refractivity contribution in [2.24, 2.45) is 10.9 Å². The zero-order valence-corrected chi connectivity index (χ0v) is 24.3. The second-order valence-electron chi connectivity index (χ2n) is 11.9. The monoisotopic (exact) mass is 570 g/mol. The fourth-order valence-corrected chi connectivity index (χ4v) is 6.66. The number of benzene rings is 1. The first kappa shape index (κ1) is 28.2. The number of anilines is 3. The number of primary amides is 1. The van der Waals surface area contributed by atoms with Crippen molar-refractivity contribution in [3.8, 4) is 0 Å². The van der Waals surface area contributed by atoms with Crippen LogP contribution >= 0.6 is 0 Å². The minimum Gasteiger partial charge on any atom is -0.385 e. The third-order valence-corrected chi connectivity index (χ3v) is 9.16. The first-order chi connectivity index (χ1) is 20.6. The van der Waals surface area contributed by atoms with Crippen LogP contribution in [-0.2, 0) is 4.84 Å². The fourth-order valence-electron chi connectivity index (χ4n) is 6.66. The normalized spacial score (nSPS) is 23.3. The summed E-state index contributed by atoms with van der Waals surface area (Å²) >= 11 is 0. The van der Waals surface area contributed by atoms with E-state index in [1.807, 2.05) is 6.08 Å². The predicted octanol–water partition coefficient (Wildman–Crippen LogP) is 4.80. The predicted molar refractivity (Wildman–Crippen MR) is 166 cm³/mol. The number of allylic oxidation sites excluding steroid dienone is 4. The zero-order chi connectivity index (χ0) is 28.9. The van der Waals surface area contributed by atoms with Gasteiger partial charge in [0.15, 0.2) is 11.5 Å². The van der Waals surface area contributed by atoms with Gasteiger partial charge in [-0.15, -0.1) is 0 Å². The Morgan fingerprint density at radius 2 is 1.79 bits per heavy atom. The maximum absolute atomic E-state index is 12.0. The number of nitrogens with zero attached hydrogens (tertiary/aromatic N) is 5. The Morgan fingerprint density at radius 1 is 1.02 bits per heavy atom. The summed E-state index contributed by atoms with van der Waals surface area (Å²) in [6.45, 7) is 7.58. The molecule has 1 aromatic carbocycles. The number of rotatable bonds is 10. The number of carbonyl (C=O) groups excluding carboxylic acids is 1. The number of amides is 1. The molecule has 1 amide bonds. The van der Waals surface area contributed by atoms with Crippen molar-refractivity contribution in [3.05, 3.63) is 65.3 Å². The molecule has 10 nitrogen and oxygen atoms in total. The summed E-state index contributed by atoms with van der Waals surface area (Å²) in [4.78, 5) is 31.2. The van der Waals surface area contributed by atoms with Crippen molar-refractivity contribution in [3.63, 3.8) is 0 Å². The van der Waals surface area contributed by atoms with E-state index in [0.29, 0.717) is 23.8 Å². The minimum absolute atomic E-state index is 0.165. The molecule has 42 heavy (non-hydrogen) atoms. The molecule has 0 unspecified atom stereocenters. The molecular formula is C32H42N8O2. The van der Waals surface area contributed by atoms with E-state index in [4.69, 9.17) is 15.6 Å². The Labute approximate surface area is 248 Å². The van der Waals surface area contributed by atoms with E-state index in [0.717, 1.165) is 69.1 Å². The average Bonchev–Trinajstić information content (AvgIpc) is 3.00. The maximum Gasteiger partial charge on any atom is 0.271 e. The van der Waals surface area contributed by atoms with Crippen LogP contribution in [0.5, 0.6) is 0 Å². The van der Waals surface area contributed by atoms with Crippen LogP contribution in [0, 0.1) is 0 Å². The van der Waals surface area contributed by atoms with E-state index in [1.54, 1.807) is 6.20 Å². The van der Waals surface area contributed by atoms with Crippen molar-refractivity contribution in [2.75, 3.05) is 36.4 Å².